The maximum absolute atomic E-state index is 14.5. The molecule has 2 rings (SSSR count). The largest absolute Gasteiger partial charge is 0.460 e. The van der Waals surface area contributed by atoms with Crippen molar-refractivity contribution in [3.8, 4) is 11.5 Å². The van der Waals surface area contributed by atoms with Crippen LogP contribution in [0.3, 0.4) is 0 Å². The van der Waals surface area contributed by atoms with E-state index in [1.807, 2.05) is 20.8 Å². The van der Waals surface area contributed by atoms with Crippen molar-refractivity contribution in [2.75, 3.05) is 5.73 Å². The van der Waals surface area contributed by atoms with Crippen LogP contribution in [0.25, 0.3) is 0 Å². The molecule has 0 saturated heterocycles. The SMILES string of the molecule is CC(C)(C)NC(=O)c1ccc(Oc2cc(F)c(CC(=O)OC(C)(C)C)cc2Cl)c(N)c1. The number of ether oxygens (including phenoxy) is 2. The van der Waals surface area contributed by atoms with Gasteiger partial charge >= 0.3 is 5.97 Å². The molecular weight excluding hydrogens is 423 g/mol. The van der Waals surface area contributed by atoms with Gasteiger partial charge in [0.15, 0.2) is 0 Å². The molecule has 8 heteroatoms. The van der Waals surface area contributed by atoms with Crippen molar-refractivity contribution >= 4 is 29.2 Å². The monoisotopic (exact) mass is 450 g/mol. The molecule has 3 N–H and O–H groups in total. The third-order valence-corrected chi connectivity index (χ3v) is 4.13. The number of anilines is 1. The number of esters is 1. The van der Waals surface area contributed by atoms with Gasteiger partial charge in [0.25, 0.3) is 5.91 Å². The number of rotatable bonds is 5. The molecule has 1 amide bonds. The lowest BCUT2D eigenvalue weighted by Gasteiger charge is -2.21. The molecule has 0 heterocycles. The maximum Gasteiger partial charge on any atom is 0.310 e. The summed E-state index contributed by atoms with van der Waals surface area (Å²) in [7, 11) is 0. The summed E-state index contributed by atoms with van der Waals surface area (Å²) in [6.07, 6.45) is -0.261. The number of carbonyl (C=O) groups excluding carboxylic acids is 2. The predicted octanol–water partition coefficient (Wildman–Crippen LogP) is 5.27. The normalized spacial score (nSPS) is 11.7. The maximum atomic E-state index is 14.5. The minimum atomic E-state index is -0.673. The molecule has 0 bridgehead atoms. The average Bonchev–Trinajstić information content (AvgIpc) is 2.57. The van der Waals surface area contributed by atoms with Gasteiger partial charge in [0.2, 0.25) is 0 Å². The number of benzene rings is 2. The highest BCUT2D eigenvalue weighted by Crippen LogP contribution is 2.35. The van der Waals surface area contributed by atoms with Crippen LogP contribution < -0.4 is 15.8 Å². The van der Waals surface area contributed by atoms with Crippen molar-refractivity contribution in [3.63, 3.8) is 0 Å². The van der Waals surface area contributed by atoms with Crippen LogP contribution in [-0.4, -0.2) is 23.0 Å². The molecule has 2 aromatic rings. The Kier molecular flexibility index (Phi) is 7.21. The fourth-order valence-corrected chi connectivity index (χ4v) is 2.86. The summed E-state index contributed by atoms with van der Waals surface area (Å²) in [5, 5.41) is 2.95. The Morgan fingerprint density at radius 3 is 2.26 bits per heavy atom. The third-order valence-electron chi connectivity index (χ3n) is 3.84. The second kappa shape index (κ2) is 9.14. The Hall–Kier alpha value is -2.80. The van der Waals surface area contributed by atoms with Gasteiger partial charge in [-0.3, -0.25) is 9.59 Å². The molecule has 0 aromatic heterocycles. The van der Waals surface area contributed by atoms with E-state index in [-0.39, 0.29) is 40.1 Å². The topological polar surface area (TPSA) is 90.6 Å². The van der Waals surface area contributed by atoms with Crippen LogP contribution >= 0.6 is 11.6 Å². The molecule has 2 aromatic carbocycles. The molecule has 0 unspecified atom stereocenters. The van der Waals surface area contributed by atoms with Gasteiger partial charge in [0, 0.05) is 22.7 Å². The van der Waals surface area contributed by atoms with E-state index in [1.54, 1.807) is 26.8 Å². The van der Waals surface area contributed by atoms with Crippen molar-refractivity contribution in [1.29, 1.82) is 0 Å². The summed E-state index contributed by atoms with van der Waals surface area (Å²) in [5.74, 6) is -1.25. The van der Waals surface area contributed by atoms with Crippen molar-refractivity contribution in [3.05, 3.63) is 52.3 Å². The van der Waals surface area contributed by atoms with Gasteiger partial charge in [-0.2, -0.15) is 0 Å². The highest BCUT2D eigenvalue weighted by Gasteiger charge is 2.20. The molecule has 0 saturated carbocycles. The molecule has 0 fully saturated rings. The van der Waals surface area contributed by atoms with Crippen LogP contribution in [0.1, 0.15) is 57.5 Å². The van der Waals surface area contributed by atoms with Crippen LogP contribution in [0, 0.1) is 5.82 Å². The lowest BCUT2D eigenvalue weighted by Crippen LogP contribution is -2.40. The number of nitrogens with two attached hydrogens (primary N) is 1. The molecule has 0 spiro atoms. The van der Waals surface area contributed by atoms with E-state index in [0.29, 0.717) is 5.56 Å². The highest BCUT2D eigenvalue weighted by atomic mass is 35.5. The number of carbonyl (C=O) groups is 2. The first-order chi connectivity index (χ1) is 14.1. The smallest absolute Gasteiger partial charge is 0.310 e. The van der Waals surface area contributed by atoms with Gasteiger partial charge in [-0.1, -0.05) is 11.6 Å². The first-order valence-corrected chi connectivity index (χ1v) is 10.1. The van der Waals surface area contributed by atoms with E-state index in [2.05, 4.69) is 5.32 Å². The summed E-state index contributed by atoms with van der Waals surface area (Å²) in [5.41, 5.74) is 5.59. The lowest BCUT2D eigenvalue weighted by atomic mass is 10.1. The van der Waals surface area contributed by atoms with E-state index in [9.17, 15) is 14.0 Å². The van der Waals surface area contributed by atoms with Gasteiger partial charge in [0.05, 0.1) is 17.1 Å². The Bertz CT molecular complexity index is 994. The number of halogens is 2. The minimum Gasteiger partial charge on any atom is -0.460 e. The Morgan fingerprint density at radius 1 is 1.06 bits per heavy atom. The van der Waals surface area contributed by atoms with Crippen LogP contribution in [0.15, 0.2) is 30.3 Å². The second-order valence-corrected chi connectivity index (χ2v) is 9.60. The zero-order chi connectivity index (χ0) is 23.6. The number of hydrogen-bond donors (Lipinski definition) is 2. The summed E-state index contributed by atoms with van der Waals surface area (Å²) in [6, 6.07) is 6.93. The number of nitrogen functional groups attached to an aromatic ring is 1. The molecule has 168 valence electrons. The van der Waals surface area contributed by atoms with Crippen molar-refractivity contribution < 1.29 is 23.5 Å². The summed E-state index contributed by atoms with van der Waals surface area (Å²) in [6.45, 7) is 10.8. The van der Waals surface area contributed by atoms with Crippen molar-refractivity contribution in [2.24, 2.45) is 0 Å². The fraction of sp³-hybridized carbons (Fsp3) is 0.391. The number of nitrogens with one attached hydrogen (secondary N) is 1. The summed E-state index contributed by atoms with van der Waals surface area (Å²) >= 11 is 6.23. The number of hydrogen-bond acceptors (Lipinski definition) is 5. The van der Waals surface area contributed by atoms with Crippen LogP contribution in [-0.2, 0) is 16.0 Å². The van der Waals surface area contributed by atoms with E-state index in [0.717, 1.165) is 6.07 Å². The first-order valence-electron chi connectivity index (χ1n) is 9.74. The van der Waals surface area contributed by atoms with E-state index in [1.165, 1.54) is 18.2 Å². The standard InChI is InChI=1S/C23H28ClFN2O4/c1-22(2,3)27-21(29)13-7-8-18(17(26)10-13)30-19-12-16(25)14(9-15(19)24)11-20(28)31-23(4,5)6/h7-10,12H,11,26H2,1-6H3,(H,27,29). The zero-order valence-corrected chi connectivity index (χ0v) is 19.3. The zero-order valence-electron chi connectivity index (χ0n) is 18.6. The third kappa shape index (κ3) is 7.43. The predicted molar refractivity (Wildman–Crippen MR) is 119 cm³/mol. The van der Waals surface area contributed by atoms with Gasteiger partial charge in [-0.25, -0.2) is 4.39 Å². The van der Waals surface area contributed by atoms with Crippen molar-refractivity contribution in [1.82, 2.24) is 5.32 Å². The Morgan fingerprint density at radius 2 is 1.71 bits per heavy atom. The minimum absolute atomic E-state index is 0.0331. The van der Waals surface area contributed by atoms with Crippen LogP contribution in [0.2, 0.25) is 5.02 Å². The van der Waals surface area contributed by atoms with Gasteiger partial charge < -0.3 is 20.5 Å². The van der Waals surface area contributed by atoms with E-state index in [4.69, 9.17) is 26.8 Å². The average molecular weight is 451 g/mol. The molecular formula is C23H28ClFN2O4. The van der Waals surface area contributed by atoms with Gasteiger partial charge in [-0.05, 0) is 65.8 Å². The first kappa shape index (κ1) is 24.5. The van der Waals surface area contributed by atoms with Gasteiger partial charge in [0.1, 0.15) is 22.9 Å². The molecule has 31 heavy (non-hydrogen) atoms. The number of amides is 1. The van der Waals surface area contributed by atoms with E-state index >= 15 is 0 Å². The fourth-order valence-electron chi connectivity index (χ4n) is 2.63. The summed E-state index contributed by atoms with van der Waals surface area (Å²) in [4.78, 5) is 24.3. The highest BCUT2D eigenvalue weighted by molar-refractivity contribution is 6.32. The molecule has 0 aliphatic rings. The Labute approximate surface area is 186 Å². The van der Waals surface area contributed by atoms with Crippen LogP contribution in [0.5, 0.6) is 11.5 Å². The summed E-state index contributed by atoms with van der Waals surface area (Å²) < 4.78 is 25.4. The lowest BCUT2D eigenvalue weighted by molar-refractivity contribution is -0.153. The second-order valence-electron chi connectivity index (χ2n) is 9.20. The quantitative estimate of drug-likeness (QED) is 0.478. The molecule has 6 nitrogen and oxygen atoms in total. The van der Waals surface area contributed by atoms with Gasteiger partial charge in [-0.15, -0.1) is 0 Å². The molecule has 0 radical (unpaired) electrons. The Balaban J connectivity index is 2.19. The van der Waals surface area contributed by atoms with Crippen LogP contribution in [0.4, 0.5) is 10.1 Å². The molecule has 0 aliphatic heterocycles. The molecule has 0 aliphatic carbocycles. The van der Waals surface area contributed by atoms with E-state index < -0.39 is 22.9 Å². The van der Waals surface area contributed by atoms with Crippen molar-refractivity contribution in [2.45, 2.75) is 59.1 Å². The molecule has 0 atom stereocenters.